The Morgan fingerprint density at radius 1 is 1.11 bits per heavy atom. The van der Waals surface area contributed by atoms with Crippen LogP contribution in [0.4, 0.5) is 0 Å². The second-order valence-corrected chi connectivity index (χ2v) is 6.59. The van der Waals surface area contributed by atoms with Crippen molar-refractivity contribution in [2.75, 3.05) is 19.6 Å². The third kappa shape index (κ3) is 2.56. The van der Waals surface area contributed by atoms with Gasteiger partial charge in [0.1, 0.15) is 0 Å². The average molecular weight is 250 g/mol. The highest BCUT2D eigenvalue weighted by Gasteiger charge is 2.38. The second kappa shape index (κ2) is 5.20. The van der Waals surface area contributed by atoms with Crippen molar-refractivity contribution in [2.45, 2.75) is 63.8 Å². The molecule has 102 valence electrons. The lowest BCUT2D eigenvalue weighted by molar-refractivity contribution is -0.134. The highest BCUT2D eigenvalue weighted by atomic mass is 16.2. The Morgan fingerprint density at radius 3 is 2.44 bits per heavy atom. The molecule has 1 spiro atoms. The van der Waals surface area contributed by atoms with Crippen molar-refractivity contribution in [3.05, 3.63) is 0 Å². The van der Waals surface area contributed by atoms with Crippen LogP contribution >= 0.6 is 0 Å². The van der Waals surface area contributed by atoms with Crippen LogP contribution in [0, 0.1) is 5.41 Å². The summed E-state index contributed by atoms with van der Waals surface area (Å²) in [5.74, 6) is 0.391. The molecule has 0 bridgehead atoms. The predicted molar refractivity (Wildman–Crippen MR) is 72.4 cm³/mol. The van der Waals surface area contributed by atoms with Crippen molar-refractivity contribution in [3.8, 4) is 0 Å². The fourth-order valence-corrected chi connectivity index (χ4v) is 4.13. The van der Waals surface area contributed by atoms with Gasteiger partial charge in [-0.1, -0.05) is 12.8 Å². The molecule has 0 radical (unpaired) electrons. The molecule has 1 N–H and O–H groups in total. The molecule has 3 nitrogen and oxygen atoms in total. The predicted octanol–water partition coefficient (Wildman–Crippen LogP) is 2.31. The summed E-state index contributed by atoms with van der Waals surface area (Å²) in [6, 6.07) is 0.458. The fourth-order valence-electron chi connectivity index (χ4n) is 4.13. The van der Waals surface area contributed by atoms with E-state index < -0.39 is 0 Å². The number of carbonyl (C=O) groups is 1. The Kier molecular flexibility index (Phi) is 3.60. The van der Waals surface area contributed by atoms with Gasteiger partial charge in [-0.2, -0.15) is 0 Å². The van der Waals surface area contributed by atoms with Crippen LogP contribution in [0.1, 0.15) is 57.8 Å². The van der Waals surface area contributed by atoms with E-state index in [1.807, 2.05) is 0 Å². The van der Waals surface area contributed by atoms with Crippen LogP contribution < -0.4 is 5.32 Å². The second-order valence-electron chi connectivity index (χ2n) is 6.59. The van der Waals surface area contributed by atoms with Crippen LogP contribution in [0.3, 0.4) is 0 Å². The summed E-state index contributed by atoms with van der Waals surface area (Å²) in [6.07, 6.45) is 11.3. The van der Waals surface area contributed by atoms with E-state index in [2.05, 4.69) is 10.2 Å². The molecule has 3 aliphatic rings. The summed E-state index contributed by atoms with van der Waals surface area (Å²) >= 11 is 0. The van der Waals surface area contributed by atoms with E-state index in [0.717, 1.165) is 26.1 Å². The van der Waals surface area contributed by atoms with Gasteiger partial charge in [-0.3, -0.25) is 4.79 Å². The Hall–Kier alpha value is -0.570. The Balaban J connectivity index is 1.48. The number of nitrogens with one attached hydrogen (secondary N) is 1. The van der Waals surface area contributed by atoms with Crippen molar-refractivity contribution in [1.29, 1.82) is 0 Å². The maximum absolute atomic E-state index is 12.2. The van der Waals surface area contributed by atoms with Gasteiger partial charge in [0.2, 0.25) is 5.91 Å². The average Bonchev–Trinajstić information content (AvgIpc) is 3.03. The molecule has 2 aliphatic heterocycles. The molecule has 2 saturated heterocycles. The molecule has 3 rings (SSSR count). The first-order valence-corrected chi connectivity index (χ1v) is 7.79. The largest absolute Gasteiger partial charge is 0.343 e. The van der Waals surface area contributed by atoms with E-state index >= 15 is 0 Å². The molecular weight excluding hydrogens is 224 g/mol. The third-order valence-electron chi connectivity index (χ3n) is 5.42. The van der Waals surface area contributed by atoms with Gasteiger partial charge in [-0.05, 0) is 50.5 Å². The number of amides is 1. The Morgan fingerprint density at radius 2 is 1.83 bits per heavy atom. The molecule has 0 aromatic rings. The Labute approximate surface area is 110 Å². The molecule has 1 unspecified atom stereocenters. The van der Waals surface area contributed by atoms with E-state index in [-0.39, 0.29) is 0 Å². The van der Waals surface area contributed by atoms with Crippen LogP contribution in [-0.4, -0.2) is 36.5 Å². The summed E-state index contributed by atoms with van der Waals surface area (Å²) in [5, 5.41) is 3.43. The van der Waals surface area contributed by atoms with Gasteiger partial charge < -0.3 is 10.2 Å². The molecule has 0 aromatic carbocycles. The number of hydrogen-bond acceptors (Lipinski definition) is 2. The third-order valence-corrected chi connectivity index (χ3v) is 5.42. The molecule has 18 heavy (non-hydrogen) atoms. The quantitative estimate of drug-likeness (QED) is 0.815. The lowest BCUT2D eigenvalue weighted by atomic mass is 9.77. The van der Waals surface area contributed by atoms with Crippen molar-refractivity contribution < 1.29 is 4.79 Å². The highest BCUT2D eigenvalue weighted by molar-refractivity contribution is 5.77. The first kappa shape index (κ1) is 12.5. The van der Waals surface area contributed by atoms with Crippen LogP contribution in [0.2, 0.25) is 0 Å². The van der Waals surface area contributed by atoms with Crippen molar-refractivity contribution >= 4 is 5.91 Å². The summed E-state index contributed by atoms with van der Waals surface area (Å²) in [6.45, 7) is 3.14. The summed E-state index contributed by atoms with van der Waals surface area (Å²) in [7, 11) is 0. The van der Waals surface area contributed by atoms with Crippen LogP contribution in [0.5, 0.6) is 0 Å². The summed E-state index contributed by atoms with van der Waals surface area (Å²) in [4.78, 5) is 14.4. The maximum Gasteiger partial charge on any atom is 0.224 e. The molecule has 1 atom stereocenters. The molecule has 3 fully saturated rings. The monoisotopic (exact) mass is 250 g/mol. The van der Waals surface area contributed by atoms with Crippen molar-refractivity contribution in [2.24, 2.45) is 5.41 Å². The van der Waals surface area contributed by atoms with E-state index in [4.69, 9.17) is 0 Å². The number of piperidine rings is 1. The molecule has 1 saturated carbocycles. The number of nitrogens with zero attached hydrogens (tertiary/aromatic N) is 1. The minimum absolute atomic E-state index is 0.391. The highest BCUT2D eigenvalue weighted by Crippen LogP contribution is 2.46. The first-order chi connectivity index (χ1) is 8.77. The molecule has 3 heteroatoms. The molecule has 1 aliphatic carbocycles. The number of rotatable bonds is 2. The van der Waals surface area contributed by atoms with Gasteiger partial charge in [0.15, 0.2) is 0 Å². The van der Waals surface area contributed by atoms with Gasteiger partial charge in [0, 0.05) is 25.6 Å². The van der Waals surface area contributed by atoms with Gasteiger partial charge in [-0.25, -0.2) is 0 Å². The van der Waals surface area contributed by atoms with Gasteiger partial charge in [-0.15, -0.1) is 0 Å². The molecule has 1 amide bonds. The lowest BCUT2D eigenvalue weighted by Crippen LogP contribution is -2.43. The zero-order chi connectivity index (χ0) is 12.4. The Bertz CT molecular complexity index is 294. The van der Waals surface area contributed by atoms with Crippen LogP contribution in [0.15, 0.2) is 0 Å². The smallest absolute Gasteiger partial charge is 0.224 e. The summed E-state index contributed by atoms with van der Waals surface area (Å²) in [5.41, 5.74) is 0.627. The zero-order valence-corrected chi connectivity index (χ0v) is 11.4. The molecule has 0 aromatic heterocycles. The van der Waals surface area contributed by atoms with Gasteiger partial charge in [0.05, 0.1) is 0 Å². The number of carbonyl (C=O) groups excluding carboxylic acids is 1. The SMILES string of the molecule is O=C(CC1CCCN1)N1CCC2(CCCC2)CC1. The van der Waals surface area contributed by atoms with Crippen LogP contribution in [0.25, 0.3) is 0 Å². The molecular formula is C15H26N2O. The van der Waals surface area contributed by atoms with Gasteiger partial charge in [0.25, 0.3) is 0 Å². The maximum atomic E-state index is 12.2. The fraction of sp³-hybridized carbons (Fsp3) is 0.933. The van der Waals surface area contributed by atoms with E-state index in [0.29, 0.717) is 17.4 Å². The van der Waals surface area contributed by atoms with Crippen molar-refractivity contribution in [1.82, 2.24) is 10.2 Å². The standard InChI is InChI=1S/C15H26N2O/c18-14(12-13-4-3-9-16-13)17-10-7-15(8-11-17)5-1-2-6-15/h13,16H,1-12H2. The van der Waals surface area contributed by atoms with Crippen molar-refractivity contribution in [3.63, 3.8) is 0 Å². The minimum Gasteiger partial charge on any atom is -0.343 e. The lowest BCUT2D eigenvalue weighted by Gasteiger charge is -2.39. The topological polar surface area (TPSA) is 32.3 Å². The van der Waals surface area contributed by atoms with Gasteiger partial charge >= 0.3 is 0 Å². The van der Waals surface area contributed by atoms with Crippen LogP contribution in [-0.2, 0) is 4.79 Å². The minimum atomic E-state index is 0.391. The number of hydrogen-bond donors (Lipinski definition) is 1. The molecule has 2 heterocycles. The van der Waals surface area contributed by atoms with E-state index in [1.54, 1.807) is 0 Å². The number of likely N-dealkylation sites (tertiary alicyclic amines) is 1. The van der Waals surface area contributed by atoms with E-state index in [9.17, 15) is 4.79 Å². The zero-order valence-electron chi connectivity index (χ0n) is 11.4. The van der Waals surface area contributed by atoms with E-state index in [1.165, 1.54) is 51.4 Å². The normalized spacial score (nSPS) is 31.1. The first-order valence-electron chi connectivity index (χ1n) is 7.79. The summed E-state index contributed by atoms with van der Waals surface area (Å²) < 4.78 is 0.